The Labute approximate surface area is 195 Å². The normalized spacial score (nSPS) is 15.1. The predicted octanol–water partition coefficient (Wildman–Crippen LogP) is 4.66. The third-order valence-electron chi connectivity index (χ3n) is 5.94. The number of fused-ring (bicyclic) bond motifs is 2. The Bertz CT molecular complexity index is 1340. The minimum atomic E-state index is -0.707. The second-order valence-corrected chi connectivity index (χ2v) is 7.99. The van der Waals surface area contributed by atoms with Crippen molar-refractivity contribution in [2.45, 2.75) is 25.6 Å². The molecule has 1 aliphatic rings. The van der Waals surface area contributed by atoms with E-state index in [0.717, 1.165) is 16.7 Å². The zero-order valence-corrected chi connectivity index (χ0v) is 18.8. The van der Waals surface area contributed by atoms with Gasteiger partial charge in [0.15, 0.2) is 17.1 Å². The second-order valence-electron chi connectivity index (χ2n) is 7.99. The van der Waals surface area contributed by atoms with E-state index < -0.39 is 17.8 Å². The summed E-state index contributed by atoms with van der Waals surface area (Å²) in [4.78, 5) is 19.0. The van der Waals surface area contributed by atoms with Crippen LogP contribution in [0.1, 0.15) is 16.7 Å². The lowest BCUT2D eigenvalue weighted by Crippen LogP contribution is -2.46. The fraction of sp³-hybridized carbons (Fsp3) is 0.231. The molecule has 0 fully saturated rings. The van der Waals surface area contributed by atoms with E-state index in [9.17, 15) is 9.18 Å². The number of halogens is 1. The first-order chi connectivity index (χ1) is 16.6. The van der Waals surface area contributed by atoms with Crippen LogP contribution < -0.4 is 14.4 Å². The highest BCUT2D eigenvalue weighted by atomic mass is 19.1. The molecule has 4 aromatic rings. The number of rotatable bonds is 6. The monoisotopic (exact) mass is 462 g/mol. The van der Waals surface area contributed by atoms with E-state index in [1.165, 1.54) is 25.3 Å². The summed E-state index contributed by atoms with van der Waals surface area (Å²) in [6.45, 7) is 0.688. The highest BCUT2D eigenvalue weighted by Gasteiger charge is 2.37. The van der Waals surface area contributed by atoms with E-state index in [-0.39, 0.29) is 6.01 Å². The fourth-order valence-electron chi connectivity index (χ4n) is 4.22. The van der Waals surface area contributed by atoms with E-state index in [1.807, 2.05) is 42.5 Å². The molecule has 1 aromatic heterocycles. The van der Waals surface area contributed by atoms with E-state index in [2.05, 4.69) is 4.98 Å². The quantitative estimate of drug-likeness (QED) is 0.386. The van der Waals surface area contributed by atoms with Crippen LogP contribution in [0.4, 0.5) is 10.4 Å². The molecule has 0 radical (unpaired) electrons. The van der Waals surface area contributed by atoms with Gasteiger partial charge in [-0.3, -0.25) is 0 Å². The summed E-state index contributed by atoms with van der Waals surface area (Å²) in [5.74, 6) is 0.338. The minimum Gasteiger partial charge on any atom is -0.493 e. The Morgan fingerprint density at radius 2 is 1.97 bits per heavy atom. The topological polar surface area (TPSA) is 74.0 Å². The molecule has 0 aliphatic carbocycles. The van der Waals surface area contributed by atoms with E-state index in [4.69, 9.17) is 18.6 Å². The third-order valence-corrected chi connectivity index (χ3v) is 5.94. The number of esters is 1. The van der Waals surface area contributed by atoms with Crippen LogP contribution in [0.5, 0.6) is 11.5 Å². The van der Waals surface area contributed by atoms with Crippen LogP contribution >= 0.6 is 0 Å². The summed E-state index contributed by atoms with van der Waals surface area (Å²) in [6.07, 6.45) is 0.302. The van der Waals surface area contributed by atoms with Crippen molar-refractivity contribution >= 4 is 23.1 Å². The number of aromatic nitrogens is 1. The standard InChI is InChI=1S/C26H23FN2O5/c1-31-23-10-8-17-14-29(26-28-20-12-18(27)9-11-22(20)34-26)21(25(30)32-2)13-19(17)24(23)33-15-16-6-4-3-5-7-16/h3-12,21H,13-15H2,1-2H3. The number of ether oxygens (including phenoxy) is 3. The lowest BCUT2D eigenvalue weighted by molar-refractivity contribution is -0.142. The van der Waals surface area contributed by atoms with Crippen LogP contribution in [0, 0.1) is 5.82 Å². The van der Waals surface area contributed by atoms with Crippen molar-refractivity contribution in [3.63, 3.8) is 0 Å². The Morgan fingerprint density at radius 1 is 1.15 bits per heavy atom. The minimum absolute atomic E-state index is 0.226. The molecule has 1 unspecified atom stereocenters. The number of methoxy groups -OCH3 is 2. The van der Waals surface area contributed by atoms with Crippen LogP contribution in [0.15, 0.2) is 65.1 Å². The SMILES string of the molecule is COC(=O)C1Cc2c(ccc(OC)c2OCc2ccccc2)CN1c1nc2cc(F)ccc2o1. The fourth-order valence-corrected chi connectivity index (χ4v) is 4.22. The molecular formula is C26H23FN2O5. The van der Waals surface area contributed by atoms with Gasteiger partial charge in [0, 0.05) is 24.6 Å². The lowest BCUT2D eigenvalue weighted by atomic mass is 9.92. The largest absolute Gasteiger partial charge is 0.493 e. The van der Waals surface area contributed by atoms with Crippen molar-refractivity contribution in [2.75, 3.05) is 19.1 Å². The number of oxazole rings is 1. The van der Waals surface area contributed by atoms with Crippen LogP contribution in [0.2, 0.25) is 0 Å². The number of anilines is 1. The van der Waals surface area contributed by atoms with Crippen LogP contribution in [-0.4, -0.2) is 31.2 Å². The van der Waals surface area contributed by atoms with Gasteiger partial charge in [-0.1, -0.05) is 36.4 Å². The highest BCUT2D eigenvalue weighted by molar-refractivity contribution is 5.82. The van der Waals surface area contributed by atoms with Crippen molar-refractivity contribution in [1.29, 1.82) is 0 Å². The lowest BCUT2D eigenvalue weighted by Gasteiger charge is -2.35. The molecule has 0 bridgehead atoms. The zero-order valence-electron chi connectivity index (χ0n) is 18.8. The molecule has 8 heteroatoms. The number of carbonyl (C=O) groups excluding carboxylic acids is 1. The first-order valence-corrected chi connectivity index (χ1v) is 10.8. The predicted molar refractivity (Wildman–Crippen MR) is 123 cm³/mol. The maximum absolute atomic E-state index is 13.7. The number of nitrogens with zero attached hydrogens (tertiary/aromatic N) is 2. The Balaban J connectivity index is 1.53. The first kappa shape index (κ1) is 21.8. The molecule has 0 amide bonds. The Kier molecular flexibility index (Phi) is 5.79. The summed E-state index contributed by atoms with van der Waals surface area (Å²) in [5, 5.41) is 0. The van der Waals surface area contributed by atoms with Gasteiger partial charge in [-0.2, -0.15) is 4.98 Å². The van der Waals surface area contributed by atoms with Gasteiger partial charge < -0.3 is 23.5 Å². The van der Waals surface area contributed by atoms with Gasteiger partial charge >= 0.3 is 5.97 Å². The highest BCUT2D eigenvalue weighted by Crippen LogP contribution is 2.40. The van der Waals surface area contributed by atoms with Gasteiger partial charge in [0.05, 0.1) is 14.2 Å². The molecule has 7 nitrogen and oxygen atoms in total. The van der Waals surface area contributed by atoms with Crippen LogP contribution in [0.25, 0.3) is 11.1 Å². The molecule has 0 saturated carbocycles. The molecule has 3 aromatic carbocycles. The van der Waals surface area contributed by atoms with Crippen molar-refractivity contribution in [2.24, 2.45) is 0 Å². The van der Waals surface area contributed by atoms with Crippen molar-refractivity contribution in [3.05, 3.63) is 83.2 Å². The summed E-state index contributed by atoms with van der Waals surface area (Å²) in [6, 6.07) is 17.2. The molecule has 0 N–H and O–H groups in total. The molecular weight excluding hydrogens is 439 g/mol. The smallest absolute Gasteiger partial charge is 0.329 e. The number of benzene rings is 3. The first-order valence-electron chi connectivity index (χ1n) is 10.8. The molecule has 1 aliphatic heterocycles. The maximum atomic E-state index is 13.7. The van der Waals surface area contributed by atoms with Gasteiger partial charge in [-0.15, -0.1) is 0 Å². The zero-order chi connectivity index (χ0) is 23.7. The van der Waals surface area contributed by atoms with Gasteiger partial charge in [0.25, 0.3) is 6.01 Å². The van der Waals surface area contributed by atoms with E-state index >= 15 is 0 Å². The molecule has 2 heterocycles. The van der Waals surface area contributed by atoms with Gasteiger partial charge in [-0.05, 0) is 29.3 Å². The van der Waals surface area contributed by atoms with Gasteiger partial charge in [-0.25, -0.2) is 9.18 Å². The van der Waals surface area contributed by atoms with Crippen molar-refractivity contribution < 1.29 is 27.8 Å². The third kappa shape index (κ3) is 4.03. The second kappa shape index (κ2) is 9.05. The number of hydrogen-bond acceptors (Lipinski definition) is 7. The maximum Gasteiger partial charge on any atom is 0.329 e. The summed E-state index contributed by atoms with van der Waals surface area (Å²) >= 11 is 0. The number of hydrogen-bond donors (Lipinski definition) is 0. The van der Waals surface area contributed by atoms with E-state index in [1.54, 1.807) is 12.0 Å². The van der Waals surface area contributed by atoms with Crippen LogP contribution in [-0.2, 0) is 29.1 Å². The van der Waals surface area contributed by atoms with Crippen molar-refractivity contribution in [3.8, 4) is 11.5 Å². The Hall–Kier alpha value is -4.07. The molecule has 34 heavy (non-hydrogen) atoms. The van der Waals surface area contributed by atoms with E-state index in [0.29, 0.717) is 42.2 Å². The average Bonchev–Trinajstić information content (AvgIpc) is 3.29. The van der Waals surface area contributed by atoms with Crippen LogP contribution in [0.3, 0.4) is 0 Å². The average molecular weight is 462 g/mol. The Morgan fingerprint density at radius 3 is 2.74 bits per heavy atom. The van der Waals surface area contributed by atoms with Gasteiger partial charge in [0.1, 0.15) is 24.0 Å². The molecule has 5 rings (SSSR count). The molecule has 174 valence electrons. The van der Waals surface area contributed by atoms with Gasteiger partial charge in [0.2, 0.25) is 0 Å². The summed E-state index contributed by atoms with van der Waals surface area (Å²) in [7, 11) is 2.93. The van der Waals surface area contributed by atoms with Crippen molar-refractivity contribution in [1.82, 2.24) is 4.98 Å². The molecule has 0 spiro atoms. The molecule has 1 atom stereocenters. The molecule has 0 saturated heterocycles. The summed E-state index contributed by atoms with van der Waals surface area (Å²) < 4.78 is 36.4. The summed E-state index contributed by atoms with van der Waals surface area (Å²) in [5.41, 5.74) is 3.64. The number of carbonyl (C=O) groups is 1.